The highest BCUT2D eigenvalue weighted by atomic mass is 35.5. The van der Waals surface area contributed by atoms with Gasteiger partial charge in [-0.3, -0.25) is 0 Å². The molecule has 16 heavy (non-hydrogen) atoms. The summed E-state index contributed by atoms with van der Waals surface area (Å²) in [6.45, 7) is 3.18. The molecule has 0 N–H and O–H groups in total. The molecule has 90 valence electrons. The Morgan fingerprint density at radius 2 is 2.31 bits per heavy atom. The molecule has 2 heterocycles. The minimum absolute atomic E-state index is 0.483. The molecule has 1 aliphatic heterocycles. The molecule has 0 saturated carbocycles. The van der Waals surface area contributed by atoms with Crippen molar-refractivity contribution >= 4 is 22.9 Å². The first-order valence-electron chi connectivity index (χ1n) is 5.53. The molecule has 0 bridgehead atoms. The quantitative estimate of drug-likeness (QED) is 0.764. The number of halogens is 1. The van der Waals surface area contributed by atoms with Gasteiger partial charge in [-0.05, 0) is 18.8 Å². The van der Waals surface area contributed by atoms with Crippen molar-refractivity contribution in [3.63, 3.8) is 0 Å². The van der Waals surface area contributed by atoms with Crippen molar-refractivity contribution in [2.45, 2.75) is 25.3 Å². The zero-order valence-electron chi connectivity index (χ0n) is 9.15. The third kappa shape index (κ3) is 3.70. The summed E-state index contributed by atoms with van der Waals surface area (Å²) in [5, 5.41) is 3.00. The van der Waals surface area contributed by atoms with Crippen molar-refractivity contribution in [1.29, 1.82) is 0 Å². The van der Waals surface area contributed by atoms with Crippen LogP contribution in [-0.4, -0.2) is 24.8 Å². The van der Waals surface area contributed by atoms with Crippen LogP contribution in [0.2, 0.25) is 0 Å². The first-order valence-corrected chi connectivity index (χ1v) is 6.94. The van der Waals surface area contributed by atoms with Gasteiger partial charge in [-0.15, -0.1) is 22.9 Å². The van der Waals surface area contributed by atoms with E-state index in [9.17, 15) is 0 Å². The van der Waals surface area contributed by atoms with Crippen molar-refractivity contribution in [1.82, 2.24) is 4.98 Å². The number of rotatable bonds is 5. The molecular formula is C11H16ClNO2S. The topological polar surface area (TPSA) is 31.4 Å². The average molecular weight is 262 g/mol. The summed E-state index contributed by atoms with van der Waals surface area (Å²) in [4.78, 5) is 4.35. The maximum atomic E-state index is 5.69. The first-order chi connectivity index (χ1) is 7.88. The Bertz CT molecular complexity index is 313. The number of alkyl halides is 1. The van der Waals surface area contributed by atoms with Crippen LogP contribution in [0, 0.1) is 5.92 Å². The van der Waals surface area contributed by atoms with Gasteiger partial charge in [0.25, 0.3) is 0 Å². The third-order valence-electron chi connectivity index (χ3n) is 2.66. The third-order valence-corrected chi connectivity index (χ3v) is 3.80. The predicted molar refractivity (Wildman–Crippen MR) is 64.9 cm³/mol. The molecule has 0 atom stereocenters. The van der Waals surface area contributed by atoms with Gasteiger partial charge in [0.2, 0.25) is 0 Å². The Morgan fingerprint density at radius 1 is 1.50 bits per heavy atom. The van der Waals surface area contributed by atoms with E-state index in [-0.39, 0.29) is 0 Å². The fourth-order valence-electron chi connectivity index (χ4n) is 1.70. The van der Waals surface area contributed by atoms with Gasteiger partial charge in [-0.1, -0.05) is 0 Å². The van der Waals surface area contributed by atoms with Gasteiger partial charge >= 0.3 is 0 Å². The van der Waals surface area contributed by atoms with Crippen LogP contribution < -0.4 is 0 Å². The van der Waals surface area contributed by atoms with Crippen molar-refractivity contribution in [2.24, 2.45) is 5.92 Å². The summed E-state index contributed by atoms with van der Waals surface area (Å²) in [7, 11) is 0. The van der Waals surface area contributed by atoms with Crippen LogP contribution in [0.25, 0.3) is 0 Å². The van der Waals surface area contributed by atoms with Crippen molar-refractivity contribution < 1.29 is 9.47 Å². The van der Waals surface area contributed by atoms with Gasteiger partial charge in [-0.2, -0.15) is 0 Å². The number of hydrogen-bond donors (Lipinski definition) is 0. The van der Waals surface area contributed by atoms with E-state index in [2.05, 4.69) is 4.98 Å². The SMILES string of the molecule is ClCc1csc(COCC2CCOCC2)n1. The second-order valence-corrected chi connectivity index (χ2v) is 5.15. The lowest BCUT2D eigenvalue weighted by Gasteiger charge is -2.21. The molecule has 5 heteroatoms. The van der Waals surface area contributed by atoms with E-state index >= 15 is 0 Å². The molecule has 1 fully saturated rings. The van der Waals surface area contributed by atoms with E-state index in [1.807, 2.05) is 5.38 Å². The maximum absolute atomic E-state index is 5.69. The van der Waals surface area contributed by atoms with Crippen LogP contribution in [0.1, 0.15) is 23.5 Å². The molecule has 1 aliphatic rings. The fourth-order valence-corrected chi connectivity index (χ4v) is 2.66. The zero-order chi connectivity index (χ0) is 11.2. The van der Waals surface area contributed by atoms with Crippen LogP contribution in [0.5, 0.6) is 0 Å². The summed E-state index contributed by atoms with van der Waals surface area (Å²) in [6.07, 6.45) is 2.23. The molecular weight excluding hydrogens is 246 g/mol. The molecule has 2 rings (SSSR count). The lowest BCUT2D eigenvalue weighted by molar-refractivity contribution is 0.0157. The van der Waals surface area contributed by atoms with Crippen molar-refractivity contribution in [3.05, 3.63) is 16.1 Å². The number of nitrogens with zero attached hydrogens (tertiary/aromatic N) is 1. The molecule has 0 spiro atoms. The summed E-state index contributed by atoms with van der Waals surface area (Å²) < 4.78 is 11.0. The van der Waals surface area contributed by atoms with E-state index in [1.54, 1.807) is 11.3 Å². The Balaban J connectivity index is 1.66. The molecule has 1 aromatic heterocycles. The second kappa shape index (κ2) is 6.55. The van der Waals surface area contributed by atoms with Gasteiger partial charge < -0.3 is 9.47 Å². The standard InChI is InChI=1S/C11H16ClNO2S/c12-5-10-8-16-11(13-10)7-15-6-9-1-3-14-4-2-9/h8-9H,1-7H2. The second-order valence-electron chi connectivity index (χ2n) is 3.94. The molecule has 3 nitrogen and oxygen atoms in total. The Hall–Kier alpha value is -0.160. The smallest absolute Gasteiger partial charge is 0.119 e. The molecule has 1 saturated heterocycles. The minimum Gasteiger partial charge on any atom is -0.381 e. The van der Waals surface area contributed by atoms with E-state index in [0.29, 0.717) is 18.4 Å². The average Bonchev–Trinajstić information content (AvgIpc) is 2.78. The summed E-state index contributed by atoms with van der Waals surface area (Å²) >= 11 is 7.30. The van der Waals surface area contributed by atoms with Gasteiger partial charge in [0, 0.05) is 18.6 Å². The lowest BCUT2D eigenvalue weighted by Crippen LogP contribution is -2.20. The fraction of sp³-hybridized carbons (Fsp3) is 0.727. The van der Waals surface area contributed by atoms with Crippen LogP contribution in [-0.2, 0) is 22.0 Å². The van der Waals surface area contributed by atoms with Crippen molar-refractivity contribution in [3.8, 4) is 0 Å². The summed E-state index contributed by atoms with van der Waals surface area (Å²) in [5.41, 5.74) is 0.941. The summed E-state index contributed by atoms with van der Waals surface area (Å²) in [6, 6.07) is 0. The van der Waals surface area contributed by atoms with E-state index in [0.717, 1.165) is 43.4 Å². The van der Waals surface area contributed by atoms with Crippen LogP contribution in [0.3, 0.4) is 0 Å². The minimum atomic E-state index is 0.483. The normalized spacial score (nSPS) is 17.8. The number of hydrogen-bond acceptors (Lipinski definition) is 4. The monoisotopic (exact) mass is 261 g/mol. The Kier molecular flexibility index (Phi) is 5.03. The predicted octanol–water partition coefficient (Wildman–Crippen LogP) is 2.83. The molecule has 0 amide bonds. The van der Waals surface area contributed by atoms with E-state index in [4.69, 9.17) is 21.1 Å². The van der Waals surface area contributed by atoms with E-state index < -0.39 is 0 Å². The van der Waals surface area contributed by atoms with Crippen LogP contribution in [0.4, 0.5) is 0 Å². The van der Waals surface area contributed by atoms with Crippen LogP contribution >= 0.6 is 22.9 Å². The first kappa shape index (κ1) is 12.3. The van der Waals surface area contributed by atoms with Gasteiger partial charge in [0.1, 0.15) is 5.01 Å². The highest BCUT2D eigenvalue weighted by Gasteiger charge is 2.13. The van der Waals surface area contributed by atoms with Gasteiger partial charge in [0.15, 0.2) is 0 Å². The largest absolute Gasteiger partial charge is 0.381 e. The van der Waals surface area contributed by atoms with E-state index in [1.165, 1.54) is 0 Å². The molecule has 1 aromatic rings. The number of thiazole rings is 1. The highest BCUT2D eigenvalue weighted by Crippen LogP contribution is 2.17. The molecule has 0 aromatic carbocycles. The number of ether oxygens (including phenoxy) is 2. The lowest BCUT2D eigenvalue weighted by atomic mass is 10.0. The number of aromatic nitrogens is 1. The Morgan fingerprint density at radius 3 is 3.00 bits per heavy atom. The zero-order valence-corrected chi connectivity index (χ0v) is 10.7. The van der Waals surface area contributed by atoms with Gasteiger partial charge in [-0.25, -0.2) is 4.98 Å². The van der Waals surface area contributed by atoms with Crippen LogP contribution in [0.15, 0.2) is 5.38 Å². The van der Waals surface area contributed by atoms with Gasteiger partial charge in [0.05, 0.1) is 24.8 Å². The highest BCUT2D eigenvalue weighted by molar-refractivity contribution is 7.09. The summed E-state index contributed by atoms with van der Waals surface area (Å²) in [5.74, 6) is 1.14. The Labute approximate surface area is 105 Å². The molecule has 0 radical (unpaired) electrons. The molecule has 0 unspecified atom stereocenters. The maximum Gasteiger partial charge on any atom is 0.119 e. The van der Waals surface area contributed by atoms with Crippen molar-refractivity contribution in [2.75, 3.05) is 19.8 Å². The molecule has 0 aliphatic carbocycles.